The minimum absolute atomic E-state index is 0.132. The van der Waals surface area contributed by atoms with Crippen LogP contribution >= 0.6 is 0 Å². The summed E-state index contributed by atoms with van der Waals surface area (Å²) in [5, 5.41) is 18.9. The van der Waals surface area contributed by atoms with Gasteiger partial charge in [0.05, 0.1) is 11.4 Å². The van der Waals surface area contributed by atoms with Crippen LogP contribution < -0.4 is 4.90 Å². The lowest BCUT2D eigenvalue weighted by Crippen LogP contribution is -2.18. The lowest BCUT2D eigenvalue weighted by atomic mass is 9.87. The number of allylic oxidation sites excluding steroid dienone is 1. The summed E-state index contributed by atoms with van der Waals surface area (Å²) in [5.41, 5.74) is 5.58. The van der Waals surface area contributed by atoms with Gasteiger partial charge in [0.1, 0.15) is 17.7 Å². The molecule has 0 saturated heterocycles. The first kappa shape index (κ1) is 14.8. The zero-order valence-electron chi connectivity index (χ0n) is 13.3. The van der Waals surface area contributed by atoms with Gasteiger partial charge in [0.25, 0.3) is 0 Å². The molecule has 0 bridgehead atoms. The van der Waals surface area contributed by atoms with Crippen molar-refractivity contribution in [3.8, 4) is 12.1 Å². The molecule has 0 fully saturated rings. The molecular weight excluding hydrogens is 306 g/mol. The van der Waals surface area contributed by atoms with Crippen LogP contribution in [0.2, 0.25) is 0 Å². The van der Waals surface area contributed by atoms with Crippen molar-refractivity contribution in [1.82, 2.24) is 0 Å². The van der Waals surface area contributed by atoms with Gasteiger partial charge in [0.15, 0.2) is 0 Å². The molecule has 0 spiro atoms. The van der Waals surface area contributed by atoms with Crippen molar-refractivity contribution >= 4 is 22.6 Å². The smallest absolute Gasteiger partial charge is 0.138 e. The predicted molar refractivity (Wildman–Crippen MR) is 98.4 cm³/mol. The molecule has 0 saturated carbocycles. The summed E-state index contributed by atoms with van der Waals surface area (Å²) >= 11 is 0. The molecule has 1 heterocycles. The first-order chi connectivity index (χ1) is 12.3. The van der Waals surface area contributed by atoms with Crippen LogP contribution in [0.3, 0.4) is 0 Å². The highest BCUT2D eigenvalue weighted by Crippen LogP contribution is 2.49. The van der Waals surface area contributed by atoms with Gasteiger partial charge in [-0.3, -0.25) is 0 Å². The van der Waals surface area contributed by atoms with Crippen molar-refractivity contribution in [3.63, 3.8) is 0 Å². The van der Waals surface area contributed by atoms with E-state index in [-0.39, 0.29) is 5.57 Å². The van der Waals surface area contributed by atoms with Crippen LogP contribution in [0, 0.1) is 22.7 Å². The maximum absolute atomic E-state index is 9.47. The van der Waals surface area contributed by atoms with Crippen LogP contribution in [0.4, 0.5) is 17.1 Å². The van der Waals surface area contributed by atoms with E-state index in [0.717, 1.165) is 28.2 Å². The van der Waals surface area contributed by atoms with E-state index in [2.05, 4.69) is 29.2 Å². The molecule has 0 radical (unpaired) electrons. The molecule has 3 aromatic rings. The minimum Gasteiger partial charge on any atom is -0.309 e. The highest BCUT2D eigenvalue weighted by molar-refractivity contribution is 6.03. The van der Waals surface area contributed by atoms with E-state index in [4.69, 9.17) is 0 Å². The number of hydrogen-bond donors (Lipinski definition) is 0. The van der Waals surface area contributed by atoms with E-state index in [1.54, 1.807) is 0 Å². The Balaban J connectivity index is 2.11. The molecule has 0 aliphatic carbocycles. The van der Waals surface area contributed by atoms with E-state index in [1.807, 2.05) is 66.7 Å². The van der Waals surface area contributed by atoms with Crippen molar-refractivity contribution in [2.24, 2.45) is 0 Å². The zero-order chi connectivity index (χ0) is 17.2. The van der Waals surface area contributed by atoms with Crippen LogP contribution in [0.15, 0.2) is 84.4 Å². The molecular formula is C22H13N3. The van der Waals surface area contributed by atoms with Gasteiger partial charge < -0.3 is 4.90 Å². The lowest BCUT2D eigenvalue weighted by Gasteiger charge is -2.34. The summed E-state index contributed by atoms with van der Waals surface area (Å²) < 4.78 is 0. The molecule has 0 aromatic heterocycles. The van der Waals surface area contributed by atoms with E-state index in [0.29, 0.717) is 5.57 Å². The Morgan fingerprint density at radius 3 is 1.64 bits per heavy atom. The lowest BCUT2D eigenvalue weighted by molar-refractivity contribution is 1.23. The van der Waals surface area contributed by atoms with E-state index in [9.17, 15) is 10.5 Å². The first-order valence-electron chi connectivity index (χ1n) is 7.93. The van der Waals surface area contributed by atoms with Gasteiger partial charge in [-0.2, -0.15) is 10.5 Å². The van der Waals surface area contributed by atoms with Gasteiger partial charge in [-0.25, -0.2) is 0 Å². The molecule has 3 nitrogen and oxygen atoms in total. The second-order valence-electron chi connectivity index (χ2n) is 5.68. The van der Waals surface area contributed by atoms with Gasteiger partial charge in [0.2, 0.25) is 0 Å². The maximum atomic E-state index is 9.47. The third-order valence-electron chi connectivity index (χ3n) is 4.32. The van der Waals surface area contributed by atoms with Crippen LogP contribution in [-0.4, -0.2) is 0 Å². The molecule has 1 aliphatic rings. The summed E-state index contributed by atoms with van der Waals surface area (Å²) in [6.07, 6.45) is 0. The molecule has 3 aromatic carbocycles. The minimum atomic E-state index is 0.132. The fraction of sp³-hybridized carbons (Fsp3) is 0. The molecule has 116 valence electrons. The van der Waals surface area contributed by atoms with E-state index < -0.39 is 0 Å². The third-order valence-corrected chi connectivity index (χ3v) is 4.32. The second kappa shape index (κ2) is 6.00. The average molecular weight is 319 g/mol. The maximum Gasteiger partial charge on any atom is 0.138 e. The number of hydrogen-bond acceptors (Lipinski definition) is 3. The second-order valence-corrected chi connectivity index (χ2v) is 5.68. The largest absolute Gasteiger partial charge is 0.309 e. The topological polar surface area (TPSA) is 50.8 Å². The van der Waals surface area contributed by atoms with Crippen LogP contribution in [-0.2, 0) is 0 Å². The van der Waals surface area contributed by atoms with Gasteiger partial charge >= 0.3 is 0 Å². The predicted octanol–water partition coefficient (Wildman–Crippen LogP) is 5.32. The quantitative estimate of drug-likeness (QED) is 0.446. The molecule has 3 heteroatoms. The number of rotatable bonds is 1. The van der Waals surface area contributed by atoms with Crippen molar-refractivity contribution in [2.45, 2.75) is 0 Å². The van der Waals surface area contributed by atoms with E-state index >= 15 is 0 Å². The standard InChI is InChI=1S/C22H13N3/c23-14-16(15-24)22-18-10-4-6-12-20(18)25(17-8-2-1-3-9-17)21-13-7-5-11-19(21)22/h1-13H. The molecule has 0 N–H and O–H groups in total. The van der Waals surface area contributed by atoms with E-state index in [1.165, 1.54) is 0 Å². The number of anilines is 3. The van der Waals surface area contributed by atoms with Crippen molar-refractivity contribution in [2.75, 3.05) is 4.90 Å². The monoisotopic (exact) mass is 319 g/mol. The normalized spacial score (nSPS) is 11.8. The fourth-order valence-corrected chi connectivity index (χ4v) is 3.30. The summed E-state index contributed by atoms with van der Waals surface area (Å²) in [6.45, 7) is 0. The highest BCUT2D eigenvalue weighted by atomic mass is 15.2. The SMILES string of the molecule is N#CC(C#N)=C1c2ccccc2N(c2ccccc2)c2ccccc21. The Hall–Kier alpha value is -3.82. The highest BCUT2D eigenvalue weighted by Gasteiger charge is 2.29. The number of fused-ring (bicyclic) bond motifs is 2. The average Bonchev–Trinajstić information content (AvgIpc) is 2.69. The number of benzene rings is 3. The summed E-state index contributed by atoms with van der Waals surface area (Å²) in [5.74, 6) is 0. The number of nitrogens with zero attached hydrogens (tertiary/aromatic N) is 3. The van der Waals surface area contributed by atoms with Gasteiger partial charge in [-0.15, -0.1) is 0 Å². The first-order valence-corrected chi connectivity index (χ1v) is 7.93. The molecule has 0 atom stereocenters. The zero-order valence-corrected chi connectivity index (χ0v) is 13.3. The third kappa shape index (κ3) is 2.27. The molecule has 25 heavy (non-hydrogen) atoms. The number of para-hydroxylation sites is 3. The van der Waals surface area contributed by atoms with Crippen molar-refractivity contribution < 1.29 is 0 Å². The fourth-order valence-electron chi connectivity index (χ4n) is 3.30. The Bertz CT molecular complexity index is 1000. The van der Waals surface area contributed by atoms with Crippen molar-refractivity contribution in [3.05, 3.63) is 95.6 Å². The van der Waals surface area contributed by atoms with Crippen molar-refractivity contribution in [1.29, 1.82) is 10.5 Å². The Kier molecular flexibility index (Phi) is 3.54. The Labute approximate surface area is 146 Å². The molecule has 1 aliphatic heterocycles. The Morgan fingerprint density at radius 1 is 0.640 bits per heavy atom. The number of nitriles is 2. The summed E-state index contributed by atoms with van der Waals surface area (Å²) in [4.78, 5) is 2.17. The van der Waals surface area contributed by atoms with Gasteiger partial charge in [-0.1, -0.05) is 54.6 Å². The van der Waals surface area contributed by atoms with Crippen LogP contribution in [0.25, 0.3) is 5.57 Å². The summed E-state index contributed by atoms with van der Waals surface area (Å²) in [6, 6.07) is 30.0. The van der Waals surface area contributed by atoms with Gasteiger partial charge in [-0.05, 0) is 24.3 Å². The van der Waals surface area contributed by atoms with Crippen LogP contribution in [0.1, 0.15) is 11.1 Å². The summed E-state index contributed by atoms with van der Waals surface area (Å²) in [7, 11) is 0. The molecule has 4 rings (SSSR count). The van der Waals surface area contributed by atoms with Crippen LogP contribution in [0.5, 0.6) is 0 Å². The molecule has 0 unspecified atom stereocenters. The molecule has 0 amide bonds. The Morgan fingerprint density at radius 2 is 1.12 bits per heavy atom. The van der Waals surface area contributed by atoms with Gasteiger partial charge in [0, 0.05) is 22.4 Å².